The number of unbranched alkanes of at least 4 members (excludes halogenated alkanes) is 26. The van der Waals surface area contributed by atoms with Crippen LogP contribution in [0.15, 0.2) is 12.2 Å². The van der Waals surface area contributed by atoms with Crippen LogP contribution in [0.25, 0.3) is 0 Å². The van der Waals surface area contributed by atoms with Crippen LogP contribution in [0.5, 0.6) is 0 Å². The third-order valence-corrected chi connectivity index (χ3v) is 7.71. The van der Waals surface area contributed by atoms with Crippen LogP contribution in [0.1, 0.15) is 206 Å². The van der Waals surface area contributed by atoms with Gasteiger partial charge in [0.15, 0.2) is 0 Å². The first kappa shape index (κ1) is 40.3. The molecule has 0 bridgehead atoms. The van der Waals surface area contributed by atoms with Crippen LogP contribution in [0.3, 0.4) is 0 Å². The average molecular weight is 552 g/mol. The van der Waals surface area contributed by atoms with E-state index in [0.29, 0.717) is 6.42 Å². The standard InChI is InChI=1S/C18H37N.C18H36O2/c1-2-3-4-5-6-7-8-9-10-11-12-13-14-15-16-17-18-19;1-2-3-4-5-6-7-8-9-10-11-12-13-14-15-16-17-18(19)20/h9-10H,2-8,11-19H2,1H3;2-17H2,1H3,(H,19,20). The molecule has 0 heterocycles. The first-order chi connectivity index (χ1) is 19.2. The molecule has 234 valence electrons. The third-order valence-electron chi connectivity index (χ3n) is 7.71. The molecule has 0 aromatic heterocycles. The van der Waals surface area contributed by atoms with Crippen LogP contribution in [-0.2, 0) is 4.79 Å². The molecular formula is C36H73NO2. The monoisotopic (exact) mass is 552 g/mol. The molecule has 0 saturated heterocycles. The molecule has 0 aliphatic rings. The molecule has 0 fully saturated rings. The van der Waals surface area contributed by atoms with Crippen molar-refractivity contribution < 1.29 is 9.90 Å². The summed E-state index contributed by atoms with van der Waals surface area (Å²) < 4.78 is 0. The van der Waals surface area contributed by atoms with E-state index in [1.54, 1.807) is 0 Å². The predicted octanol–water partition coefficient (Wildman–Crippen LogP) is 12.3. The molecule has 0 rings (SSSR count). The minimum Gasteiger partial charge on any atom is -0.481 e. The molecule has 0 unspecified atom stereocenters. The Hall–Kier alpha value is -0.830. The SMILES string of the molecule is CCCCCCCCC=CCCCCCCCCN.CCCCCCCCCCCCCCCCCC(=O)O. The van der Waals surface area contributed by atoms with Gasteiger partial charge in [-0.05, 0) is 45.1 Å². The lowest BCUT2D eigenvalue weighted by Gasteiger charge is -2.03. The fourth-order valence-electron chi connectivity index (χ4n) is 5.04. The average Bonchev–Trinajstić information content (AvgIpc) is 2.93. The van der Waals surface area contributed by atoms with E-state index in [2.05, 4.69) is 26.0 Å². The predicted molar refractivity (Wildman–Crippen MR) is 176 cm³/mol. The number of rotatable bonds is 31. The topological polar surface area (TPSA) is 63.3 Å². The minimum atomic E-state index is -0.653. The number of carbonyl (C=O) groups is 1. The zero-order valence-electron chi connectivity index (χ0n) is 27.0. The van der Waals surface area contributed by atoms with Crippen molar-refractivity contribution in [1.82, 2.24) is 0 Å². The van der Waals surface area contributed by atoms with Crippen molar-refractivity contribution in [3.63, 3.8) is 0 Å². The summed E-state index contributed by atoms with van der Waals surface area (Å²) in [5, 5.41) is 8.52. The molecule has 0 aromatic rings. The second-order valence-corrected chi connectivity index (χ2v) is 11.8. The lowest BCUT2D eigenvalue weighted by atomic mass is 10.0. The highest BCUT2D eigenvalue weighted by atomic mass is 16.4. The maximum atomic E-state index is 10.3. The molecule has 3 N–H and O–H groups in total. The van der Waals surface area contributed by atoms with E-state index in [1.165, 1.54) is 173 Å². The van der Waals surface area contributed by atoms with Crippen molar-refractivity contribution in [1.29, 1.82) is 0 Å². The van der Waals surface area contributed by atoms with Crippen LogP contribution >= 0.6 is 0 Å². The molecule has 3 nitrogen and oxygen atoms in total. The summed E-state index contributed by atoms with van der Waals surface area (Å²) in [5.74, 6) is -0.653. The molecule has 0 saturated carbocycles. The Morgan fingerprint density at radius 3 is 1.05 bits per heavy atom. The van der Waals surface area contributed by atoms with Gasteiger partial charge in [0.05, 0.1) is 0 Å². The summed E-state index contributed by atoms with van der Waals surface area (Å²) in [6, 6.07) is 0. The summed E-state index contributed by atoms with van der Waals surface area (Å²) in [7, 11) is 0. The lowest BCUT2D eigenvalue weighted by Crippen LogP contribution is -1.97. The number of carboxylic acid groups (broad SMARTS) is 1. The largest absolute Gasteiger partial charge is 0.481 e. The summed E-state index contributed by atoms with van der Waals surface area (Å²) in [6.07, 6.45) is 44.1. The molecular weight excluding hydrogens is 478 g/mol. The van der Waals surface area contributed by atoms with Crippen LogP contribution < -0.4 is 5.73 Å². The van der Waals surface area contributed by atoms with E-state index in [0.717, 1.165) is 19.4 Å². The van der Waals surface area contributed by atoms with Crippen molar-refractivity contribution in [2.24, 2.45) is 5.73 Å². The molecule has 3 heteroatoms. The lowest BCUT2D eigenvalue weighted by molar-refractivity contribution is -0.137. The zero-order chi connectivity index (χ0) is 28.9. The van der Waals surface area contributed by atoms with Gasteiger partial charge in [0.1, 0.15) is 0 Å². The quantitative estimate of drug-likeness (QED) is 0.0665. The first-order valence-corrected chi connectivity index (χ1v) is 17.8. The van der Waals surface area contributed by atoms with Crippen LogP contribution in [0.2, 0.25) is 0 Å². The number of hydrogen-bond acceptors (Lipinski definition) is 2. The van der Waals surface area contributed by atoms with Gasteiger partial charge in [-0.2, -0.15) is 0 Å². The molecule has 0 aromatic carbocycles. The van der Waals surface area contributed by atoms with Crippen molar-refractivity contribution in [3.05, 3.63) is 12.2 Å². The fourth-order valence-corrected chi connectivity index (χ4v) is 5.04. The van der Waals surface area contributed by atoms with Gasteiger partial charge in [0, 0.05) is 6.42 Å². The minimum absolute atomic E-state index is 0.345. The number of allylic oxidation sites excluding steroid dienone is 2. The number of hydrogen-bond donors (Lipinski definition) is 2. The van der Waals surface area contributed by atoms with Gasteiger partial charge < -0.3 is 10.8 Å². The first-order valence-electron chi connectivity index (χ1n) is 17.8. The van der Waals surface area contributed by atoms with Gasteiger partial charge in [0.25, 0.3) is 0 Å². The van der Waals surface area contributed by atoms with Gasteiger partial charge >= 0.3 is 5.97 Å². The maximum Gasteiger partial charge on any atom is 0.303 e. The third kappa shape index (κ3) is 44.4. The Morgan fingerprint density at radius 2 is 0.744 bits per heavy atom. The molecule has 0 aliphatic heterocycles. The molecule has 39 heavy (non-hydrogen) atoms. The van der Waals surface area contributed by atoms with Crippen molar-refractivity contribution >= 4 is 5.97 Å². The molecule has 0 radical (unpaired) electrons. The fraction of sp³-hybridized carbons (Fsp3) is 0.917. The zero-order valence-corrected chi connectivity index (χ0v) is 27.0. The highest BCUT2D eigenvalue weighted by Gasteiger charge is 1.97. The Bertz CT molecular complexity index is 463. The summed E-state index contributed by atoms with van der Waals surface area (Å²) in [5.41, 5.74) is 5.47. The highest BCUT2D eigenvalue weighted by Crippen LogP contribution is 2.14. The summed E-state index contributed by atoms with van der Waals surface area (Å²) in [6.45, 7) is 5.41. The Labute approximate surface area is 246 Å². The Morgan fingerprint density at radius 1 is 0.462 bits per heavy atom. The van der Waals surface area contributed by atoms with E-state index in [-0.39, 0.29) is 0 Å². The van der Waals surface area contributed by atoms with Gasteiger partial charge in [-0.1, -0.05) is 174 Å². The number of nitrogens with two attached hydrogens (primary N) is 1. The van der Waals surface area contributed by atoms with E-state index < -0.39 is 5.97 Å². The summed E-state index contributed by atoms with van der Waals surface area (Å²) in [4.78, 5) is 10.3. The Balaban J connectivity index is 0. The smallest absolute Gasteiger partial charge is 0.303 e. The highest BCUT2D eigenvalue weighted by molar-refractivity contribution is 5.66. The molecule has 0 spiro atoms. The van der Waals surface area contributed by atoms with E-state index >= 15 is 0 Å². The van der Waals surface area contributed by atoms with Gasteiger partial charge in [-0.25, -0.2) is 0 Å². The van der Waals surface area contributed by atoms with Gasteiger partial charge in [0.2, 0.25) is 0 Å². The van der Waals surface area contributed by atoms with E-state index in [4.69, 9.17) is 10.8 Å². The van der Waals surface area contributed by atoms with Crippen LogP contribution in [0.4, 0.5) is 0 Å². The second-order valence-electron chi connectivity index (χ2n) is 11.8. The Kier molecular flexibility index (Phi) is 40.6. The van der Waals surface area contributed by atoms with Crippen molar-refractivity contribution in [3.8, 4) is 0 Å². The number of aliphatic carboxylic acids is 1. The normalized spacial score (nSPS) is 11.2. The van der Waals surface area contributed by atoms with Gasteiger partial charge in [-0.3, -0.25) is 4.79 Å². The van der Waals surface area contributed by atoms with Gasteiger partial charge in [-0.15, -0.1) is 0 Å². The maximum absolute atomic E-state index is 10.3. The van der Waals surface area contributed by atoms with Crippen LogP contribution in [0, 0.1) is 0 Å². The van der Waals surface area contributed by atoms with Crippen molar-refractivity contribution in [2.75, 3.05) is 6.54 Å². The second kappa shape index (κ2) is 39.3. The summed E-state index contributed by atoms with van der Waals surface area (Å²) >= 11 is 0. The van der Waals surface area contributed by atoms with Crippen LogP contribution in [-0.4, -0.2) is 17.6 Å². The van der Waals surface area contributed by atoms with Crippen molar-refractivity contribution in [2.45, 2.75) is 206 Å². The molecule has 0 amide bonds. The molecule has 0 atom stereocenters. The number of carboxylic acids is 1. The van der Waals surface area contributed by atoms with E-state index in [9.17, 15) is 4.79 Å². The molecule has 0 aliphatic carbocycles. The van der Waals surface area contributed by atoms with E-state index in [1.807, 2.05) is 0 Å².